The number of unbranched alkanes of at least 4 members (excludes halogenated alkanes) is 3. The number of allylic oxidation sites excluding steroid dienone is 4. The van der Waals surface area contributed by atoms with Crippen LogP contribution in [0.15, 0.2) is 30.4 Å². The van der Waals surface area contributed by atoms with Crippen LogP contribution < -0.4 is 0 Å². The van der Waals surface area contributed by atoms with Crippen molar-refractivity contribution in [3.63, 3.8) is 0 Å². The summed E-state index contributed by atoms with van der Waals surface area (Å²) >= 11 is 2.08. The second-order valence-corrected chi connectivity index (χ2v) is 23.1. The fourth-order valence-electron chi connectivity index (χ4n) is 14.8. The lowest BCUT2D eigenvalue weighted by molar-refractivity contribution is -0.0161. The summed E-state index contributed by atoms with van der Waals surface area (Å²) in [5, 5.41) is 0. The third kappa shape index (κ3) is 10.7. The molecule has 7 aliphatic carbocycles. The molecule has 5 unspecified atom stereocenters. The van der Waals surface area contributed by atoms with Crippen LogP contribution >= 0.6 is 11.3 Å². The Morgan fingerprint density at radius 3 is 1.75 bits per heavy atom. The van der Waals surface area contributed by atoms with Crippen molar-refractivity contribution in [1.82, 2.24) is 4.90 Å². The second kappa shape index (κ2) is 20.6. The largest absolute Gasteiger partial charge is 0.294 e. The molecule has 8 rings (SSSR count). The number of thiophene rings is 1. The van der Waals surface area contributed by atoms with E-state index in [9.17, 15) is 0 Å². The van der Waals surface area contributed by atoms with Gasteiger partial charge in [-0.3, -0.25) is 4.90 Å². The van der Waals surface area contributed by atoms with Gasteiger partial charge in [0.25, 0.3) is 0 Å². The molecule has 0 saturated heterocycles. The van der Waals surface area contributed by atoms with Crippen molar-refractivity contribution in [2.45, 2.75) is 232 Å². The van der Waals surface area contributed by atoms with Crippen molar-refractivity contribution in [2.75, 3.05) is 0 Å². The lowest BCUT2D eigenvalue weighted by Gasteiger charge is -2.51. The lowest BCUT2D eigenvalue weighted by atomic mass is 9.66. The second-order valence-electron chi connectivity index (χ2n) is 21.9. The molecule has 5 atom stereocenters. The van der Waals surface area contributed by atoms with E-state index < -0.39 is 0 Å². The first-order valence-electron chi connectivity index (χ1n) is 25.9. The van der Waals surface area contributed by atoms with E-state index in [4.69, 9.17) is 0 Å². The van der Waals surface area contributed by atoms with Crippen LogP contribution in [0.1, 0.15) is 222 Å². The number of rotatable bonds is 14. The van der Waals surface area contributed by atoms with Gasteiger partial charge >= 0.3 is 0 Å². The molecule has 0 aliphatic heterocycles. The monoisotopic (exact) mass is 794 g/mol. The van der Waals surface area contributed by atoms with Gasteiger partial charge in [0, 0.05) is 27.9 Å². The molecule has 1 heterocycles. The smallest absolute Gasteiger partial charge is 0.0305 e. The summed E-state index contributed by atoms with van der Waals surface area (Å²) in [6.07, 6.45) is 58.9. The minimum absolute atomic E-state index is 0.548. The van der Waals surface area contributed by atoms with Crippen LogP contribution in [0.25, 0.3) is 12.2 Å². The predicted molar refractivity (Wildman–Crippen MR) is 250 cm³/mol. The summed E-state index contributed by atoms with van der Waals surface area (Å²) in [4.78, 5) is 6.37. The Kier molecular flexibility index (Phi) is 15.4. The highest BCUT2D eigenvalue weighted by Crippen LogP contribution is 2.63. The maximum absolute atomic E-state index is 3.30. The fraction of sp³-hybridized carbons (Fsp3) is 0.818. The number of fused-ring (bicyclic) bond motifs is 3. The summed E-state index contributed by atoms with van der Waals surface area (Å²) in [6, 6.07) is 5.06. The van der Waals surface area contributed by atoms with E-state index in [1.807, 2.05) is 0 Å². The van der Waals surface area contributed by atoms with Crippen LogP contribution in [-0.2, 0) is 6.42 Å². The predicted octanol–water partition coefficient (Wildman–Crippen LogP) is 16.7. The fourth-order valence-corrected chi connectivity index (χ4v) is 15.8. The average Bonchev–Trinajstić information content (AvgIpc) is 3.76. The lowest BCUT2D eigenvalue weighted by Crippen LogP contribution is -2.54. The van der Waals surface area contributed by atoms with Crippen molar-refractivity contribution in [3.05, 3.63) is 45.7 Å². The third-order valence-electron chi connectivity index (χ3n) is 18.1. The summed E-state index contributed by atoms with van der Waals surface area (Å²) < 4.78 is 0. The van der Waals surface area contributed by atoms with Gasteiger partial charge in [-0.05, 0) is 199 Å². The van der Waals surface area contributed by atoms with Crippen LogP contribution in [0.3, 0.4) is 0 Å². The van der Waals surface area contributed by atoms with E-state index in [2.05, 4.69) is 79.5 Å². The molecule has 0 spiro atoms. The molecule has 0 bridgehead atoms. The van der Waals surface area contributed by atoms with Crippen LogP contribution in [0.4, 0.5) is 0 Å². The highest BCUT2D eigenvalue weighted by atomic mass is 32.1. The van der Waals surface area contributed by atoms with E-state index in [1.54, 1.807) is 16.9 Å². The first-order valence-corrected chi connectivity index (χ1v) is 26.7. The quantitative estimate of drug-likeness (QED) is 0.134. The van der Waals surface area contributed by atoms with Crippen LogP contribution in [-0.4, -0.2) is 23.0 Å². The van der Waals surface area contributed by atoms with Gasteiger partial charge in [0.1, 0.15) is 0 Å². The number of hydrogen-bond acceptors (Lipinski definition) is 2. The summed E-state index contributed by atoms with van der Waals surface area (Å²) in [7, 11) is 0. The minimum atomic E-state index is 0.548. The van der Waals surface area contributed by atoms with Gasteiger partial charge in [-0.15, -0.1) is 11.3 Å². The van der Waals surface area contributed by atoms with Crippen molar-refractivity contribution < 1.29 is 0 Å². The SMILES string of the molecule is CCCCCCc1cc(/C=C/C2CCC(N(C3CCC(/C=C/C4CCCCC4)CC3)C3CCC4C5CCCCC5C(C)(C)C4C3)CC2)sc1/C=C/C1CCCCC1. The Bertz CT molecular complexity index is 1430. The van der Waals surface area contributed by atoms with Gasteiger partial charge in [0.2, 0.25) is 0 Å². The first-order chi connectivity index (χ1) is 28.0. The Morgan fingerprint density at radius 2 is 1.09 bits per heavy atom. The number of aryl methyl sites for hydroxylation is 1. The maximum Gasteiger partial charge on any atom is 0.0305 e. The highest BCUT2D eigenvalue weighted by Gasteiger charge is 2.57. The minimum Gasteiger partial charge on any atom is -0.294 e. The molecule has 57 heavy (non-hydrogen) atoms. The molecule has 7 fully saturated rings. The van der Waals surface area contributed by atoms with E-state index >= 15 is 0 Å². The van der Waals surface area contributed by atoms with Gasteiger partial charge in [-0.1, -0.05) is 116 Å². The molecule has 1 nitrogen and oxygen atoms in total. The van der Waals surface area contributed by atoms with E-state index in [1.165, 1.54) is 191 Å². The third-order valence-corrected chi connectivity index (χ3v) is 19.2. The molecule has 0 N–H and O–H groups in total. The van der Waals surface area contributed by atoms with E-state index in [0.717, 1.165) is 65.5 Å². The molecular formula is C55H87NS. The number of hydrogen-bond donors (Lipinski definition) is 0. The molecular weight excluding hydrogens is 707 g/mol. The maximum atomic E-state index is 3.30. The standard InChI is InChI=1S/C55H87NS/c1-4-5-6-13-20-45-39-49(57-54(45)38-30-42-18-11-8-12-19-42)36-29-44-27-33-47(34-28-44)56(46-31-25-43(26-32-46)24-23-41-16-9-7-10-17-41)48-35-37-51-50-21-14-15-22-52(50)55(2,3)53(51)40-48/h23-24,29-30,36,38-39,41-44,46-48,50-53H,4-22,25-28,31-35,37,40H2,1-3H3/b24-23+,36-29+,38-30+. The first kappa shape index (κ1) is 42.6. The average molecular weight is 794 g/mol. The van der Waals surface area contributed by atoms with Crippen molar-refractivity contribution in [1.29, 1.82) is 0 Å². The molecule has 1 aromatic rings. The van der Waals surface area contributed by atoms with Gasteiger partial charge < -0.3 is 0 Å². The zero-order valence-electron chi connectivity index (χ0n) is 37.5. The van der Waals surface area contributed by atoms with Gasteiger partial charge in [0.05, 0.1) is 0 Å². The topological polar surface area (TPSA) is 3.24 Å². The Morgan fingerprint density at radius 1 is 0.544 bits per heavy atom. The Labute approximate surface area is 356 Å². The van der Waals surface area contributed by atoms with Crippen LogP contribution in [0, 0.1) is 52.8 Å². The van der Waals surface area contributed by atoms with Crippen molar-refractivity contribution >= 4 is 23.5 Å². The van der Waals surface area contributed by atoms with Crippen LogP contribution in [0.5, 0.6) is 0 Å². The molecule has 1 aromatic heterocycles. The zero-order chi connectivity index (χ0) is 39.0. The normalized spacial score (nSPS) is 35.8. The number of nitrogens with zero attached hydrogens (tertiary/aromatic N) is 1. The van der Waals surface area contributed by atoms with E-state index in [-0.39, 0.29) is 0 Å². The molecule has 0 radical (unpaired) electrons. The molecule has 2 heteroatoms. The Balaban J connectivity index is 0.923. The molecule has 7 aliphatic rings. The van der Waals surface area contributed by atoms with Crippen molar-refractivity contribution in [2.24, 2.45) is 52.8 Å². The Hall–Kier alpha value is -1.12. The molecule has 0 aromatic carbocycles. The van der Waals surface area contributed by atoms with Gasteiger partial charge in [-0.2, -0.15) is 0 Å². The van der Waals surface area contributed by atoms with Crippen molar-refractivity contribution in [3.8, 4) is 0 Å². The molecule has 0 amide bonds. The summed E-state index contributed by atoms with van der Waals surface area (Å²) in [6.45, 7) is 7.80. The summed E-state index contributed by atoms with van der Waals surface area (Å²) in [5.41, 5.74) is 2.17. The summed E-state index contributed by atoms with van der Waals surface area (Å²) in [5.74, 6) is 7.34. The van der Waals surface area contributed by atoms with Gasteiger partial charge in [-0.25, -0.2) is 0 Å². The van der Waals surface area contributed by atoms with E-state index in [0.29, 0.717) is 5.41 Å². The van der Waals surface area contributed by atoms with Gasteiger partial charge in [0.15, 0.2) is 0 Å². The molecule has 7 saturated carbocycles. The molecule has 318 valence electrons. The highest BCUT2D eigenvalue weighted by molar-refractivity contribution is 7.14. The van der Waals surface area contributed by atoms with Crippen LogP contribution in [0.2, 0.25) is 0 Å². The zero-order valence-corrected chi connectivity index (χ0v) is 38.3.